The number of amides is 1. The average Bonchev–Trinajstić information content (AvgIpc) is 2.55. The van der Waals surface area contributed by atoms with Crippen molar-refractivity contribution in [3.05, 3.63) is 35.4 Å². The van der Waals surface area contributed by atoms with Gasteiger partial charge in [0.05, 0.1) is 19.1 Å². The van der Waals surface area contributed by atoms with Gasteiger partial charge in [-0.3, -0.25) is 9.59 Å². The quantitative estimate of drug-likeness (QED) is 0.717. The molecule has 0 aliphatic heterocycles. The van der Waals surface area contributed by atoms with E-state index in [2.05, 4.69) is 10.1 Å². The van der Waals surface area contributed by atoms with Crippen LogP contribution in [-0.2, 0) is 30.4 Å². The molecule has 0 fully saturated rings. The first kappa shape index (κ1) is 18.3. The van der Waals surface area contributed by atoms with Gasteiger partial charge in [0.1, 0.15) is 5.78 Å². The fourth-order valence-electron chi connectivity index (χ4n) is 1.62. The molecule has 0 unspecified atom stereocenters. The number of rotatable bonds is 8. The van der Waals surface area contributed by atoms with E-state index in [0.29, 0.717) is 5.56 Å². The lowest BCUT2D eigenvalue weighted by Crippen LogP contribution is -2.28. The Hall–Kier alpha value is -2.70. The number of hydrogen-bond donors (Lipinski definition) is 1. The number of benzene rings is 1. The molecule has 1 N–H and O–H groups in total. The van der Waals surface area contributed by atoms with E-state index < -0.39 is 24.5 Å². The Morgan fingerprint density at radius 1 is 1.04 bits per heavy atom. The maximum atomic E-state index is 11.6. The minimum Gasteiger partial charge on any atom is -0.465 e. The molecule has 0 aromatic heterocycles. The zero-order valence-electron chi connectivity index (χ0n) is 13.1. The third kappa shape index (κ3) is 7.21. The van der Waals surface area contributed by atoms with E-state index in [4.69, 9.17) is 4.74 Å². The molecule has 0 heterocycles. The standard InChI is InChI=1S/C16H19NO6/c1-11(18)3-8-15(20)23-10-14(19)17-9-12-4-6-13(7-5-12)16(21)22-2/h4-7H,3,8-10H2,1-2H3,(H,17,19). The van der Waals surface area contributed by atoms with E-state index in [1.54, 1.807) is 24.3 Å². The number of ketones is 1. The molecule has 0 bridgehead atoms. The van der Waals surface area contributed by atoms with Crippen LogP contribution >= 0.6 is 0 Å². The van der Waals surface area contributed by atoms with Crippen molar-refractivity contribution in [2.24, 2.45) is 0 Å². The normalized spacial score (nSPS) is 9.83. The molecule has 0 saturated carbocycles. The summed E-state index contributed by atoms with van der Waals surface area (Å²) in [6, 6.07) is 6.56. The number of esters is 2. The number of hydrogen-bond acceptors (Lipinski definition) is 6. The Kier molecular flexibility index (Phi) is 7.45. The predicted octanol–water partition coefficient (Wildman–Crippen LogP) is 1.00. The summed E-state index contributed by atoms with van der Waals surface area (Å²) < 4.78 is 9.33. The van der Waals surface area contributed by atoms with Crippen LogP contribution in [0.1, 0.15) is 35.7 Å². The lowest BCUT2D eigenvalue weighted by Gasteiger charge is -2.07. The summed E-state index contributed by atoms with van der Waals surface area (Å²) in [4.78, 5) is 44.8. The van der Waals surface area contributed by atoms with Crippen molar-refractivity contribution >= 4 is 23.6 Å². The van der Waals surface area contributed by atoms with Crippen LogP contribution in [0.4, 0.5) is 0 Å². The zero-order valence-corrected chi connectivity index (χ0v) is 13.1. The van der Waals surface area contributed by atoms with Crippen molar-refractivity contribution < 1.29 is 28.7 Å². The van der Waals surface area contributed by atoms with Crippen LogP contribution in [0, 0.1) is 0 Å². The average molecular weight is 321 g/mol. The van der Waals surface area contributed by atoms with E-state index in [1.807, 2.05) is 0 Å². The highest BCUT2D eigenvalue weighted by Gasteiger charge is 2.09. The van der Waals surface area contributed by atoms with Crippen LogP contribution in [0.3, 0.4) is 0 Å². The Morgan fingerprint density at radius 3 is 2.26 bits per heavy atom. The van der Waals surface area contributed by atoms with Crippen molar-refractivity contribution in [3.63, 3.8) is 0 Å². The van der Waals surface area contributed by atoms with Gasteiger partial charge in [-0.15, -0.1) is 0 Å². The Labute approximate surface area is 134 Å². The fourth-order valence-corrected chi connectivity index (χ4v) is 1.62. The molecule has 1 amide bonds. The van der Waals surface area contributed by atoms with E-state index in [9.17, 15) is 19.2 Å². The zero-order chi connectivity index (χ0) is 17.2. The van der Waals surface area contributed by atoms with Gasteiger partial charge in [-0.2, -0.15) is 0 Å². The molecular formula is C16H19NO6. The van der Waals surface area contributed by atoms with E-state index in [-0.39, 0.29) is 25.2 Å². The summed E-state index contributed by atoms with van der Waals surface area (Å²) in [7, 11) is 1.30. The molecule has 7 heteroatoms. The lowest BCUT2D eigenvalue weighted by atomic mass is 10.1. The molecule has 1 aromatic carbocycles. The van der Waals surface area contributed by atoms with Gasteiger partial charge in [0, 0.05) is 13.0 Å². The summed E-state index contributed by atoms with van der Waals surface area (Å²) in [5.41, 5.74) is 1.20. The highest BCUT2D eigenvalue weighted by molar-refractivity contribution is 5.89. The lowest BCUT2D eigenvalue weighted by molar-refractivity contribution is -0.149. The second kappa shape index (κ2) is 9.34. The first-order valence-corrected chi connectivity index (χ1v) is 7.01. The Bertz CT molecular complexity index is 579. The fraction of sp³-hybridized carbons (Fsp3) is 0.375. The van der Waals surface area contributed by atoms with Crippen LogP contribution in [0.5, 0.6) is 0 Å². The molecule has 23 heavy (non-hydrogen) atoms. The van der Waals surface area contributed by atoms with Crippen LogP contribution in [0.2, 0.25) is 0 Å². The predicted molar refractivity (Wildman–Crippen MR) is 80.5 cm³/mol. The molecule has 0 saturated heterocycles. The van der Waals surface area contributed by atoms with Gasteiger partial charge in [-0.25, -0.2) is 4.79 Å². The number of methoxy groups -OCH3 is 1. The molecule has 1 rings (SSSR count). The summed E-state index contributed by atoms with van der Waals surface area (Å²) in [5.74, 6) is -1.57. The van der Waals surface area contributed by atoms with Crippen LogP contribution in [0.15, 0.2) is 24.3 Å². The molecule has 0 spiro atoms. The second-order valence-corrected chi connectivity index (χ2v) is 4.83. The van der Waals surface area contributed by atoms with Gasteiger partial charge in [0.2, 0.25) is 0 Å². The maximum absolute atomic E-state index is 11.6. The largest absolute Gasteiger partial charge is 0.465 e. The molecule has 0 aliphatic rings. The summed E-state index contributed by atoms with van der Waals surface area (Å²) in [6.45, 7) is 1.23. The SMILES string of the molecule is COC(=O)c1ccc(CNC(=O)COC(=O)CCC(C)=O)cc1. The van der Waals surface area contributed by atoms with Crippen LogP contribution < -0.4 is 5.32 Å². The van der Waals surface area contributed by atoms with E-state index in [0.717, 1.165) is 5.56 Å². The molecule has 0 radical (unpaired) electrons. The molecular weight excluding hydrogens is 302 g/mol. The van der Waals surface area contributed by atoms with Gasteiger partial charge < -0.3 is 19.6 Å². The van der Waals surface area contributed by atoms with Gasteiger partial charge in [-0.05, 0) is 24.6 Å². The van der Waals surface area contributed by atoms with E-state index >= 15 is 0 Å². The summed E-state index contributed by atoms with van der Waals surface area (Å²) >= 11 is 0. The van der Waals surface area contributed by atoms with Gasteiger partial charge in [-0.1, -0.05) is 12.1 Å². The van der Waals surface area contributed by atoms with Gasteiger partial charge >= 0.3 is 11.9 Å². The second-order valence-electron chi connectivity index (χ2n) is 4.83. The topological polar surface area (TPSA) is 98.8 Å². The smallest absolute Gasteiger partial charge is 0.337 e. The highest BCUT2D eigenvalue weighted by Crippen LogP contribution is 2.05. The first-order valence-electron chi connectivity index (χ1n) is 7.01. The van der Waals surface area contributed by atoms with Crippen molar-refractivity contribution in [1.29, 1.82) is 0 Å². The number of ether oxygens (including phenoxy) is 2. The number of nitrogens with one attached hydrogen (secondary N) is 1. The number of Topliss-reactive ketones (excluding diaryl/α,β-unsaturated/α-hetero) is 1. The monoisotopic (exact) mass is 321 g/mol. The van der Waals surface area contributed by atoms with Crippen molar-refractivity contribution in [2.45, 2.75) is 26.3 Å². The molecule has 124 valence electrons. The van der Waals surface area contributed by atoms with E-state index in [1.165, 1.54) is 14.0 Å². The minimum atomic E-state index is -0.585. The third-order valence-corrected chi connectivity index (χ3v) is 2.91. The Morgan fingerprint density at radius 2 is 1.70 bits per heavy atom. The highest BCUT2D eigenvalue weighted by atomic mass is 16.5. The molecule has 0 aliphatic carbocycles. The number of carbonyl (C=O) groups is 4. The Balaban J connectivity index is 2.31. The summed E-state index contributed by atoms with van der Waals surface area (Å²) in [6.07, 6.45) is 0.0740. The maximum Gasteiger partial charge on any atom is 0.337 e. The molecule has 1 aromatic rings. The summed E-state index contributed by atoms with van der Waals surface area (Å²) in [5, 5.41) is 2.58. The number of carbonyl (C=O) groups excluding carboxylic acids is 4. The third-order valence-electron chi connectivity index (χ3n) is 2.91. The minimum absolute atomic E-state index is 0.0302. The molecule has 7 nitrogen and oxygen atoms in total. The van der Waals surface area contributed by atoms with Crippen LogP contribution in [0.25, 0.3) is 0 Å². The van der Waals surface area contributed by atoms with Crippen molar-refractivity contribution in [2.75, 3.05) is 13.7 Å². The van der Waals surface area contributed by atoms with Crippen LogP contribution in [-0.4, -0.2) is 37.3 Å². The van der Waals surface area contributed by atoms with Gasteiger partial charge in [0.25, 0.3) is 5.91 Å². The first-order chi connectivity index (χ1) is 10.9. The van der Waals surface area contributed by atoms with Crippen molar-refractivity contribution in [3.8, 4) is 0 Å². The van der Waals surface area contributed by atoms with Gasteiger partial charge in [0.15, 0.2) is 6.61 Å². The van der Waals surface area contributed by atoms with Crippen molar-refractivity contribution in [1.82, 2.24) is 5.32 Å². The molecule has 0 atom stereocenters.